The lowest BCUT2D eigenvalue weighted by molar-refractivity contribution is -0.136. The smallest absolute Gasteiger partial charge is 0.397 e. The second-order valence-electron chi connectivity index (χ2n) is 7.63. The van der Waals surface area contributed by atoms with Gasteiger partial charge in [0.2, 0.25) is 5.91 Å². The Labute approximate surface area is 191 Å². The fraction of sp³-hybridized carbons (Fsp3) is 0.0417. The number of amides is 1. The topological polar surface area (TPSA) is 105 Å². The molecule has 1 amide bonds. The highest BCUT2D eigenvalue weighted by molar-refractivity contribution is 5.96. The fourth-order valence-electron chi connectivity index (χ4n) is 3.94. The first kappa shape index (κ1) is 21.3. The van der Waals surface area contributed by atoms with E-state index >= 15 is 0 Å². The minimum absolute atomic E-state index is 0.0106. The minimum Gasteiger partial charge on any atom is -0.397 e. The number of alkyl halides is 3. The summed E-state index contributed by atoms with van der Waals surface area (Å²) in [6.45, 7) is 0. The Morgan fingerprint density at radius 3 is 2.50 bits per heavy atom. The minimum atomic E-state index is -4.63. The third kappa shape index (κ3) is 3.54. The molecule has 2 aromatic carbocycles. The van der Waals surface area contributed by atoms with E-state index < -0.39 is 17.6 Å². The van der Waals surface area contributed by atoms with Crippen LogP contribution in [0.15, 0.2) is 79.6 Å². The Morgan fingerprint density at radius 1 is 1.00 bits per heavy atom. The molecule has 5 rings (SSSR count). The second-order valence-corrected chi connectivity index (χ2v) is 7.63. The SMILES string of the molecule is NC(=O)c1ccc(-n2cc(C(F)(F)F)c3c(-n4cnc(-c5cccnc5)c4)cccc32)c(N)c1. The standard InChI is InChI=1S/C24H17F3N6O/c25-24(26,27)16-11-33(19-7-6-14(23(29)34)9-17(19)28)21-5-1-4-20(22(16)21)32-12-18(31-13-32)15-3-2-8-30-10-15/h1-13H,28H2,(H2,29,34). The zero-order valence-electron chi connectivity index (χ0n) is 17.5. The van der Waals surface area contributed by atoms with Crippen LogP contribution in [0, 0.1) is 0 Å². The van der Waals surface area contributed by atoms with Gasteiger partial charge in [-0.3, -0.25) is 9.78 Å². The zero-order chi connectivity index (χ0) is 24.0. The van der Waals surface area contributed by atoms with Crippen molar-refractivity contribution in [3.05, 3.63) is 90.8 Å². The molecule has 5 aromatic rings. The van der Waals surface area contributed by atoms with Crippen LogP contribution in [0.4, 0.5) is 18.9 Å². The number of carbonyl (C=O) groups is 1. The van der Waals surface area contributed by atoms with Gasteiger partial charge in [-0.1, -0.05) is 6.07 Å². The van der Waals surface area contributed by atoms with Gasteiger partial charge in [0.05, 0.1) is 40.2 Å². The molecule has 0 aliphatic heterocycles. The Kier molecular flexibility index (Phi) is 4.85. The average molecular weight is 462 g/mol. The van der Waals surface area contributed by atoms with E-state index in [0.717, 1.165) is 11.8 Å². The number of benzene rings is 2. The van der Waals surface area contributed by atoms with E-state index in [9.17, 15) is 18.0 Å². The van der Waals surface area contributed by atoms with Gasteiger partial charge in [0.1, 0.15) is 0 Å². The molecule has 10 heteroatoms. The summed E-state index contributed by atoms with van der Waals surface area (Å²) < 4.78 is 45.3. The maximum Gasteiger partial charge on any atom is 0.418 e. The Bertz CT molecular complexity index is 1540. The third-order valence-corrected chi connectivity index (χ3v) is 5.50. The predicted octanol–water partition coefficient (Wildman–Crippen LogP) is 4.58. The Hall–Kier alpha value is -4.60. The van der Waals surface area contributed by atoms with Crippen molar-refractivity contribution in [3.8, 4) is 22.6 Å². The maximum absolute atomic E-state index is 14.1. The molecule has 4 N–H and O–H groups in total. The number of nitrogens with two attached hydrogens (primary N) is 2. The molecule has 0 bridgehead atoms. The number of hydrogen-bond donors (Lipinski definition) is 2. The molecule has 0 fully saturated rings. The van der Waals surface area contributed by atoms with Crippen molar-refractivity contribution in [2.75, 3.05) is 5.73 Å². The molecule has 0 spiro atoms. The summed E-state index contributed by atoms with van der Waals surface area (Å²) in [6.07, 6.45) is 2.74. The zero-order valence-corrected chi connectivity index (χ0v) is 17.5. The number of nitrogen functional groups attached to an aromatic ring is 1. The summed E-state index contributed by atoms with van der Waals surface area (Å²) in [5.41, 5.74) is 13.0. The number of aromatic nitrogens is 4. The molecule has 0 saturated carbocycles. The van der Waals surface area contributed by atoms with Crippen LogP contribution in [-0.2, 0) is 6.18 Å². The van der Waals surface area contributed by atoms with E-state index in [1.54, 1.807) is 47.4 Å². The van der Waals surface area contributed by atoms with Crippen molar-refractivity contribution in [2.45, 2.75) is 6.18 Å². The van der Waals surface area contributed by atoms with Crippen molar-refractivity contribution in [3.63, 3.8) is 0 Å². The molecular formula is C24H17F3N6O. The van der Waals surface area contributed by atoms with Crippen molar-refractivity contribution in [1.82, 2.24) is 19.1 Å². The van der Waals surface area contributed by atoms with Crippen LogP contribution in [0.2, 0.25) is 0 Å². The van der Waals surface area contributed by atoms with Crippen molar-refractivity contribution < 1.29 is 18.0 Å². The lowest BCUT2D eigenvalue weighted by Gasteiger charge is -2.11. The lowest BCUT2D eigenvalue weighted by Crippen LogP contribution is -2.12. The number of rotatable bonds is 4. The number of pyridine rings is 1. The molecule has 34 heavy (non-hydrogen) atoms. The first-order valence-electron chi connectivity index (χ1n) is 10.1. The molecule has 0 unspecified atom stereocenters. The first-order chi connectivity index (χ1) is 16.2. The molecular weight excluding hydrogens is 445 g/mol. The summed E-state index contributed by atoms with van der Waals surface area (Å²) >= 11 is 0. The van der Waals surface area contributed by atoms with Crippen LogP contribution in [0.1, 0.15) is 15.9 Å². The average Bonchev–Trinajstić information content (AvgIpc) is 3.45. The molecule has 170 valence electrons. The number of halogens is 3. The first-order valence-corrected chi connectivity index (χ1v) is 10.1. The number of nitrogens with zero attached hydrogens (tertiary/aromatic N) is 4. The van der Waals surface area contributed by atoms with Gasteiger partial charge < -0.3 is 20.6 Å². The molecule has 0 saturated heterocycles. The highest BCUT2D eigenvalue weighted by Crippen LogP contribution is 2.41. The van der Waals surface area contributed by atoms with Gasteiger partial charge in [-0.05, 0) is 42.5 Å². The van der Waals surface area contributed by atoms with E-state index in [1.807, 2.05) is 6.07 Å². The number of carbonyl (C=O) groups excluding carboxylic acids is 1. The number of primary amides is 1. The predicted molar refractivity (Wildman–Crippen MR) is 122 cm³/mol. The number of fused-ring (bicyclic) bond motifs is 1. The summed E-state index contributed by atoms with van der Waals surface area (Å²) in [7, 11) is 0. The molecule has 0 atom stereocenters. The van der Waals surface area contributed by atoms with E-state index in [-0.39, 0.29) is 16.6 Å². The van der Waals surface area contributed by atoms with Crippen LogP contribution < -0.4 is 11.5 Å². The molecule has 0 aliphatic rings. The highest BCUT2D eigenvalue weighted by atomic mass is 19.4. The fourth-order valence-corrected chi connectivity index (χ4v) is 3.94. The normalized spacial score (nSPS) is 11.7. The van der Waals surface area contributed by atoms with Gasteiger partial charge in [-0.15, -0.1) is 0 Å². The van der Waals surface area contributed by atoms with Crippen molar-refractivity contribution >= 4 is 22.5 Å². The Morgan fingerprint density at radius 2 is 1.82 bits per heavy atom. The van der Waals surface area contributed by atoms with Crippen LogP contribution in [0.3, 0.4) is 0 Å². The summed E-state index contributed by atoms with van der Waals surface area (Å²) in [4.78, 5) is 19.9. The largest absolute Gasteiger partial charge is 0.418 e. The van der Waals surface area contributed by atoms with E-state index in [0.29, 0.717) is 22.6 Å². The van der Waals surface area contributed by atoms with Crippen molar-refractivity contribution in [1.29, 1.82) is 0 Å². The second kappa shape index (κ2) is 7.77. The van der Waals surface area contributed by atoms with Gasteiger partial charge in [-0.25, -0.2) is 4.98 Å². The molecule has 7 nitrogen and oxygen atoms in total. The van der Waals surface area contributed by atoms with E-state index in [2.05, 4.69) is 9.97 Å². The van der Waals surface area contributed by atoms with Crippen molar-refractivity contribution in [2.24, 2.45) is 5.73 Å². The van der Waals surface area contributed by atoms with Gasteiger partial charge in [0, 0.05) is 41.3 Å². The number of hydrogen-bond acceptors (Lipinski definition) is 4. The quantitative estimate of drug-likeness (QED) is 0.382. The monoisotopic (exact) mass is 462 g/mol. The molecule has 0 radical (unpaired) electrons. The third-order valence-electron chi connectivity index (χ3n) is 5.50. The van der Waals surface area contributed by atoms with E-state index in [4.69, 9.17) is 11.5 Å². The summed E-state index contributed by atoms with van der Waals surface area (Å²) in [5.74, 6) is -0.682. The molecule has 3 aromatic heterocycles. The summed E-state index contributed by atoms with van der Waals surface area (Å²) in [6, 6.07) is 12.6. The highest BCUT2D eigenvalue weighted by Gasteiger charge is 2.36. The van der Waals surface area contributed by atoms with Gasteiger partial charge >= 0.3 is 6.18 Å². The maximum atomic E-state index is 14.1. The van der Waals surface area contributed by atoms with Gasteiger partial charge in [0.25, 0.3) is 0 Å². The molecule has 0 aliphatic carbocycles. The van der Waals surface area contributed by atoms with Crippen LogP contribution >= 0.6 is 0 Å². The van der Waals surface area contributed by atoms with Crippen LogP contribution in [0.25, 0.3) is 33.5 Å². The molecule has 3 heterocycles. The van der Waals surface area contributed by atoms with Gasteiger partial charge in [-0.2, -0.15) is 13.2 Å². The van der Waals surface area contributed by atoms with Crippen LogP contribution in [-0.4, -0.2) is 25.0 Å². The lowest BCUT2D eigenvalue weighted by atomic mass is 10.1. The van der Waals surface area contributed by atoms with Crippen LogP contribution in [0.5, 0.6) is 0 Å². The summed E-state index contributed by atoms with van der Waals surface area (Å²) in [5, 5.41) is -0.0106. The van der Waals surface area contributed by atoms with E-state index in [1.165, 1.54) is 29.1 Å². The number of anilines is 1. The Balaban J connectivity index is 1.73. The number of imidazole rings is 1. The van der Waals surface area contributed by atoms with Gasteiger partial charge in [0.15, 0.2) is 0 Å².